The molecule has 5 heteroatoms. The molecule has 5 nitrogen and oxygen atoms in total. The molecule has 2 unspecified atom stereocenters. The first-order valence-electron chi connectivity index (χ1n) is 8.48. The van der Waals surface area contributed by atoms with Crippen LogP contribution in [-0.4, -0.2) is 55.4 Å². The van der Waals surface area contributed by atoms with E-state index in [1.807, 2.05) is 4.90 Å². The van der Waals surface area contributed by atoms with Crippen LogP contribution >= 0.6 is 0 Å². The molecule has 1 amide bonds. The Balaban J connectivity index is 1.90. The molecule has 2 saturated heterocycles. The van der Waals surface area contributed by atoms with Crippen LogP contribution in [0.3, 0.4) is 0 Å². The van der Waals surface area contributed by atoms with E-state index in [0.29, 0.717) is 13.1 Å². The third kappa shape index (κ3) is 5.24. The molecule has 2 aliphatic rings. The van der Waals surface area contributed by atoms with Crippen LogP contribution in [0.2, 0.25) is 0 Å². The summed E-state index contributed by atoms with van der Waals surface area (Å²) in [5, 5.41) is 0. The van der Waals surface area contributed by atoms with Gasteiger partial charge in [0.05, 0.1) is 18.2 Å². The molecule has 0 spiro atoms. The number of rotatable bonds is 8. The molecule has 122 valence electrons. The second kappa shape index (κ2) is 8.71. The first kappa shape index (κ1) is 16.7. The number of amides is 1. The van der Waals surface area contributed by atoms with E-state index in [0.717, 1.165) is 58.2 Å². The lowest BCUT2D eigenvalue weighted by Crippen LogP contribution is -2.49. The number of carbonyl (C=O) groups excluding carboxylic acids is 1. The van der Waals surface area contributed by atoms with Crippen LogP contribution in [0.4, 0.5) is 0 Å². The highest BCUT2D eigenvalue weighted by Gasteiger charge is 2.29. The third-order valence-corrected chi connectivity index (χ3v) is 4.39. The van der Waals surface area contributed by atoms with Gasteiger partial charge in [-0.1, -0.05) is 19.8 Å². The predicted molar refractivity (Wildman–Crippen MR) is 82.0 cm³/mol. The molecule has 3 atom stereocenters. The maximum absolute atomic E-state index is 12.6. The molecule has 0 saturated carbocycles. The van der Waals surface area contributed by atoms with Gasteiger partial charge in [0.2, 0.25) is 5.91 Å². The Hall–Kier alpha value is -0.650. The van der Waals surface area contributed by atoms with Crippen molar-refractivity contribution in [2.75, 3.05) is 26.3 Å². The molecule has 0 aromatic heterocycles. The number of unbranched alkanes of at least 4 members (excludes halogenated alkanes) is 1. The molecule has 0 aliphatic carbocycles. The van der Waals surface area contributed by atoms with Crippen LogP contribution in [-0.2, 0) is 14.3 Å². The van der Waals surface area contributed by atoms with E-state index in [4.69, 9.17) is 15.2 Å². The van der Waals surface area contributed by atoms with Gasteiger partial charge in [-0.3, -0.25) is 4.79 Å². The fraction of sp³-hybridized carbons (Fsp3) is 0.938. The van der Waals surface area contributed by atoms with E-state index >= 15 is 0 Å². The number of ether oxygens (including phenoxy) is 2. The normalized spacial score (nSPS) is 27.0. The molecule has 2 fully saturated rings. The van der Waals surface area contributed by atoms with Gasteiger partial charge in [-0.25, -0.2) is 0 Å². The van der Waals surface area contributed by atoms with Crippen LogP contribution in [0.5, 0.6) is 0 Å². The Labute approximate surface area is 128 Å². The van der Waals surface area contributed by atoms with E-state index in [2.05, 4.69) is 6.92 Å². The molecule has 2 rings (SSSR count). The molecular formula is C16H30N2O3. The van der Waals surface area contributed by atoms with Gasteiger partial charge in [0.25, 0.3) is 0 Å². The van der Waals surface area contributed by atoms with E-state index in [1.54, 1.807) is 0 Å². The lowest BCUT2D eigenvalue weighted by Gasteiger charge is -2.30. The fourth-order valence-electron chi connectivity index (χ4n) is 3.10. The lowest BCUT2D eigenvalue weighted by molar-refractivity contribution is -0.136. The van der Waals surface area contributed by atoms with Crippen molar-refractivity contribution in [2.45, 2.75) is 70.1 Å². The van der Waals surface area contributed by atoms with Crippen LogP contribution in [0, 0.1) is 0 Å². The average molecular weight is 298 g/mol. The molecule has 0 radical (unpaired) electrons. The molecule has 0 aromatic rings. The molecule has 0 aromatic carbocycles. The average Bonchev–Trinajstić information content (AvgIpc) is 3.16. The summed E-state index contributed by atoms with van der Waals surface area (Å²) < 4.78 is 11.4. The number of nitrogens with two attached hydrogens (primary N) is 1. The zero-order valence-electron chi connectivity index (χ0n) is 13.3. The third-order valence-electron chi connectivity index (χ3n) is 4.39. The molecule has 2 N–H and O–H groups in total. The fourth-order valence-corrected chi connectivity index (χ4v) is 3.10. The predicted octanol–water partition coefficient (Wildman–Crippen LogP) is 1.69. The summed E-state index contributed by atoms with van der Waals surface area (Å²) in [5.74, 6) is 0.0643. The van der Waals surface area contributed by atoms with Gasteiger partial charge < -0.3 is 20.1 Å². The van der Waals surface area contributed by atoms with Crippen LogP contribution in [0.25, 0.3) is 0 Å². The summed E-state index contributed by atoms with van der Waals surface area (Å²) in [7, 11) is 0. The number of nitrogens with zero attached hydrogens (tertiary/aromatic N) is 1. The SMILES string of the molecule is CCCC[C@H](N)C(=O)N(CC1CCCO1)CC1CCCO1. The summed E-state index contributed by atoms with van der Waals surface area (Å²) in [4.78, 5) is 14.5. The van der Waals surface area contributed by atoms with Gasteiger partial charge >= 0.3 is 0 Å². The summed E-state index contributed by atoms with van der Waals surface area (Å²) in [5.41, 5.74) is 6.08. The van der Waals surface area contributed by atoms with E-state index < -0.39 is 0 Å². The minimum absolute atomic E-state index is 0.0643. The number of carbonyl (C=O) groups is 1. The van der Waals surface area contributed by atoms with Crippen molar-refractivity contribution >= 4 is 5.91 Å². The Kier molecular flexibility index (Phi) is 6.93. The van der Waals surface area contributed by atoms with Gasteiger partial charge in [0.15, 0.2) is 0 Å². The number of hydrogen-bond acceptors (Lipinski definition) is 4. The first-order chi connectivity index (χ1) is 10.2. The molecule has 2 heterocycles. The summed E-state index contributed by atoms with van der Waals surface area (Å²) in [6, 6.07) is -0.382. The quantitative estimate of drug-likeness (QED) is 0.740. The smallest absolute Gasteiger partial charge is 0.239 e. The zero-order chi connectivity index (χ0) is 15.1. The van der Waals surface area contributed by atoms with Crippen molar-refractivity contribution in [1.82, 2.24) is 4.90 Å². The topological polar surface area (TPSA) is 64.8 Å². The van der Waals surface area contributed by atoms with Crippen molar-refractivity contribution < 1.29 is 14.3 Å². The molecule has 0 bridgehead atoms. The van der Waals surface area contributed by atoms with Crippen LogP contribution in [0.1, 0.15) is 51.9 Å². The van der Waals surface area contributed by atoms with Crippen molar-refractivity contribution in [2.24, 2.45) is 5.73 Å². The Bertz CT molecular complexity index is 295. The monoisotopic (exact) mass is 298 g/mol. The lowest BCUT2D eigenvalue weighted by atomic mass is 10.1. The second-order valence-corrected chi connectivity index (χ2v) is 6.26. The molecule has 2 aliphatic heterocycles. The Morgan fingerprint density at radius 2 is 1.76 bits per heavy atom. The van der Waals surface area contributed by atoms with Gasteiger partial charge in [-0.15, -0.1) is 0 Å². The maximum atomic E-state index is 12.6. The minimum Gasteiger partial charge on any atom is -0.376 e. The standard InChI is InChI=1S/C16H30N2O3/c1-2-3-8-15(17)16(19)18(11-13-6-4-9-20-13)12-14-7-5-10-21-14/h13-15H,2-12,17H2,1H3/t13?,14?,15-/m0/s1. The van der Waals surface area contributed by atoms with Crippen molar-refractivity contribution in [1.29, 1.82) is 0 Å². The first-order valence-corrected chi connectivity index (χ1v) is 8.48. The summed E-state index contributed by atoms with van der Waals surface area (Å²) in [6.07, 6.45) is 7.45. The highest BCUT2D eigenvalue weighted by molar-refractivity contribution is 5.81. The summed E-state index contributed by atoms with van der Waals surface area (Å²) in [6.45, 7) is 5.08. The zero-order valence-corrected chi connectivity index (χ0v) is 13.3. The summed E-state index contributed by atoms with van der Waals surface area (Å²) >= 11 is 0. The van der Waals surface area contributed by atoms with Gasteiger partial charge in [-0.05, 0) is 32.1 Å². The van der Waals surface area contributed by atoms with Gasteiger partial charge in [0, 0.05) is 26.3 Å². The molecule has 21 heavy (non-hydrogen) atoms. The highest BCUT2D eigenvalue weighted by Crippen LogP contribution is 2.18. The Morgan fingerprint density at radius 3 is 2.19 bits per heavy atom. The van der Waals surface area contributed by atoms with E-state index in [9.17, 15) is 4.79 Å². The minimum atomic E-state index is -0.382. The van der Waals surface area contributed by atoms with E-state index in [-0.39, 0.29) is 24.2 Å². The van der Waals surface area contributed by atoms with E-state index in [1.165, 1.54) is 0 Å². The van der Waals surface area contributed by atoms with Crippen LogP contribution in [0.15, 0.2) is 0 Å². The molecular weight excluding hydrogens is 268 g/mol. The van der Waals surface area contributed by atoms with Gasteiger partial charge in [-0.2, -0.15) is 0 Å². The second-order valence-electron chi connectivity index (χ2n) is 6.26. The number of hydrogen-bond donors (Lipinski definition) is 1. The van der Waals surface area contributed by atoms with Crippen molar-refractivity contribution in [3.63, 3.8) is 0 Å². The van der Waals surface area contributed by atoms with Crippen LogP contribution < -0.4 is 5.73 Å². The van der Waals surface area contributed by atoms with Crippen molar-refractivity contribution in [3.05, 3.63) is 0 Å². The van der Waals surface area contributed by atoms with Gasteiger partial charge in [0.1, 0.15) is 0 Å². The Morgan fingerprint density at radius 1 is 1.19 bits per heavy atom. The van der Waals surface area contributed by atoms with Crippen molar-refractivity contribution in [3.8, 4) is 0 Å². The largest absolute Gasteiger partial charge is 0.376 e. The maximum Gasteiger partial charge on any atom is 0.239 e. The highest BCUT2D eigenvalue weighted by atomic mass is 16.5.